The van der Waals surface area contributed by atoms with Crippen molar-refractivity contribution in [1.82, 2.24) is 5.32 Å². The molecule has 92 valence electrons. The molecule has 0 aliphatic heterocycles. The summed E-state index contributed by atoms with van der Waals surface area (Å²) in [6.07, 6.45) is 2.48. The van der Waals surface area contributed by atoms with E-state index >= 15 is 0 Å². The molecule has 0 spiro atoms. The number of amides is 1. The molecule has 5 heteroatoms. The molecule has 1 aliphatic carbocycles. The Balaban J connectivity index is 2.40. The number of rotatable bonds is 5. The van der Waals surface area contributed by atoms with E-state index < -0.39 is 11.5 Å². The molecule has 1 saturated carbocycles. The Morgan fingerprint density at radius 1 is 1.50 bits per heavy atom. The van der Waals surface area contributed by atoms with Crippen LogP contribution in [-0.2, 0) is 14.3 Å². The van der Waals surface area contributed by atoms with Crippen LogP contribution in [0.15, 0.2) is 0 Å². The number of nitrogens with one attached hydrogen (secondary N) is 1. The van der Waals surface area contributed by atoms with E-state index in [0.717, 1.165) is 12.8 Å². The van der Waals surface area contributed by atoms with E-state index in [4.69, 9.17) is 5.73 Å². The SMILES string of the molecule is COC(=O)C(C)(C)NC(=O)CC(N)C1CC1. The lowest BCUT2D eigenvalue weighted by Crippen LogP contribution is -2.51. The van der Waals surface area contributed by atoms with Gasteiger partial charge in [0.15, 0.2) is 0 Å². The lowest BCUT2D eigenvalue weighted by molar-refractivity contribution is -0.149. The number of hydrogen-bond donors (Lipinski definition) is 2. The van der Waals surface area contributed by atoms with Crippen molar-refractivity contribution < 1.29 is 14.3 Å². The molecule has 0 heterocycles. The zero-order valence-electron chi connectivity index (χ0n) is 10.1. The monoisotopic (exact) mass is 228 g/mol. The highest BCUT2D eigenvalue weighted by molar-refractivity contribution is 5.87. The number of hydrogen-bond acceptors (Lipinski definition) is 4. The van der Waals surface area contributed by atoms with Gasteiger partial charge in [0.05, 0.1) is 7.11 Å². The van der Waals surface area contributed by atoms with Gasteiger partial charge >= 0.3 is 5.97 Å². The third kappa shape index (κ3) is 3.48. The van der Waals surface area contributed by atoms with Crippen LogP contribution < -0.4 is 11.1 Å². The summed E-state index contributed by atoms with van der Waals surface area (Å²) in [5.74, 6) is -0.178. The van der Waals surface area contributed by atoms with E-state index in [-0.39, 0.29) is 18.4 Å². The van der Waals surface area contributed by atoms with Crippen molar-refractivity contribution in [2.75, 3.05) is 7.11 Å². The second kappa shape index (κ2) is 4.82. The van der Waals surface area contributed by atoms with Gasteiger partial charge < -0.3 is 15.8 Å². The zero-order chi connectivity index (χ0) is 12.3. The van der Waals surface area contributed by atoms with Crippen molar-refractivity contribution in [1.29, 1.82) is 0 Å². The minimum atomic E-state index is -0.991. The summed E-state index contributed by atoms with van der Waals surface area (Å²) in [6.45, 7) is 3.22. The molecular weight excluding hydrogens is 208 g/mol. The molecule has 0 radical (unpaired) electrons. The first-order valence-corrected chi connectivity index (χ1v) is 5.52. The maximum atomic E-state index is 11.6. The molecule has 1 atom stereocenters. The Labute approximate surface area is 95.7 Å². The Morgan fingerprint density at radius 2 is 2.06 bits per heavy atom. The third-order valence-corrected chi connectivity index (χ3v) is 2.80. The molecule has 3 N–H and O–H groups in total. The topological polar surface area (TPSA) is 81.4 Å². The van der Waals surface area contributed by atoms with Crippen LogP contribution >= 0.6 is 0 Å². The minimum absolute atomic E-state index is 0.0894. The summed E-state index contributed by atoms with van der Waals surface area (Å²) in [6, 6.07) is -0.0894. The van der Waals surface area contributed by atoms with Crippen LogP contribution in [0.2, 0.25) is 0 Å². The molecule has 1 aliphatic rings. The van der Waals surface area contributed by atoms with Gasteiger partial charge in [0.25, 0.3) is 0 Å². The van der Waals surface area contributed by atoms with Crippen LogP contribution in [0.4, 0.5) is 0 Å². The summed E-state index contributed by atoms with van der Waals surface area (Å²) in [5, 5.41) is 2.63. The fraction of sp³-hybridized carbons (Fsp3) is 0.818. The maximum Gasteiger partial charge on any atom is 0.330 e. The molecule has 0 saturated heterocycles. The normalized spacial score (nSPS) is 17.8. The van der Waals surface area contributed by atoms with Gasteiger partial charge in [-0.15, -0.1) is 0 Å². The molecular formula is C11H20N2O3. The summed E-state index contributed by atoms with van der Waals surface area (Å²) in [7, 11) is 1.30. The smallest absolute Gasteiger partial charge is 0.330 e. The molecule has 0 aromatic heterocycles. The Kier molecular flexibility index (Phi) is 3.91. The largest absolute Gasteiger partial charge is 0.467 e. The van der Waals surface area contributed by atoms with Crippen LogP contribution in [0, 0.1) is 5.92 Å². The van der Waals surface area contributed by atoms with Gasteiger partial charge in [-0.2, -0.15) is 0 Å². The first-order chi connectivity index (χ1) is 7.36. The molecule has 1 fully saturated rings. The molecule has 16 heavy (non-hydrogen) atoms. The van der Waals surface area contributed by atoms with Gasteiger partial charge in [-0.3, -0.25) is 4.79 Å². The van der Waals surface area contributed by atoms with E-state index in [1.165, 1.54) is 7.11 Å². The van der Waals surface area contributed by atoms with E-state index in [1.54, 1.807) is 13.8 Å². The lowest BCUT2D eigenvalue weighted by atomic mass is 10.0. The molecule has 5 nitrogen and oxygen atoms in total. The van der Waals surface area contributed by atoms with Gasteiger partial charge in [0.2, 0.25) is 5.91 Å². The number of nitrogens with two attached hydrogens (primary N) is 1. The summed E-state index contributed by atoms with van der Waals surface area (Å²) in [4.78, 5) is 23.0. The van der Waals surface area contributed by atoms with Crippen molar-refractivity contribution in [3.63, 3.8) is 0 Å². The summed E-state index contributed by atoms with van der Waals surface area (Å²) < 4.78 is 4.60. The average Bonchev–Trinajstić information content (AvgIpc) is 2.98. The second-order valence-corrected chi connectivity index (χ2v) is 4.87. The molecule has 0 aromatic carbocycles. The van der Waals surface area contributed by atoms with Crippen molar-refractivity contribution in [3.8, 4) is 0 Å². The molecule has 1 rings (SSSR count). The quantitative estimate of drug-likeness (QED) is 0.658. The predicted octanol–water partition coefficient (Wildman–Crippen LogP) is 0.182. The van der Waals surface area contributed by atoms with Gasteiger partial charge in [-0.25, -0.2) is 4.79 Å². The molecule has 0 bridgehead atoms. The van der Waals surface area contributed by atoms with Gasteiger partial charge in [-0.1, -0.05) is 0 Å². The highest BCUT2D eigenvalue weighted by atomic mass is 16.5. The number of ether oxygens (including phenoxy) is 1. The second-order valence-electron chi connectivity index (χ2n) is 4.87. The van der Waals surface area contributed by atoms with Crippen LogP contribution in [0.25, 0.3) is 0 Å². The highest BCUT2D eigenvalue weighted by Crippen LogP contribution is 2.32. The van der Waals surface area contributed by atoms with E-state index in [1.807, 2.05) is 0 Å². The van der Waals surface area contributed by atoms with Crippen molar-refractivity contribution >= 4 is 11.9 Å². The van der Waals surface area contributed by atoms with Crippen molar-refractivity contribution in [2.24, 2.45) is 11.7 Å². The number of carbonyl (C=O) groups excluding carboxylic acids is 2. The Bertz CT molecular complexity index is 285. The van der Waals surface area contributed by atoms with Crippen LogP contribution in [-0.4, -0.2) is 30.6 Å². The van der Waals surface area contributed by atoms with Gasteiger partial charge in [0.1, 0.15) is 5.54 Å². The Hall–Kier alpha value is -1.10. The molecule has 1 amide bonds. The average molecular weight is 228 g/mol. The highest BCUT2D eigenvalue weighted by Gasteiger charge is 2.33. The third-order valence-electron chi connectivity index (χ3n) is 2.80. The molecule has 1 unspecified atom stereocenters. The van der Waals surface area contributed by atoms with Gasteiger partial charge in [0, 0.05) is 12.5 Å². The number of esters is 1. The minimum Gasteiger partial charge on any atom is -0.467 e. The fourth-order valence-corrected chi connectivity index (χ4v) is 1.61. The molecule has 0 aromatic rings. The maximum absolute atomic E-state index is 11.6. The van der Waals surface area contributed by atoms with Gasteiger partial charge in [-0.05, 0) is 32.6 Å². The van der Waals surface area contributed by atoms with Crippen LogP contribution in [0.3, 0.4) is 0 Å². The Morgan fingerprint density at radius 3 is 2.50 bits per heavy atom. The summed E-state index contributed by atoms with van der Waals surface area (Å²) >= 11 is 0. The van der Waals surface area contributed by atoms with E-state index in [2.05, 4.69) is 10.1 Å². The number of carbonyl (C=O) groups is 2. The predicted molar refractivity (Wildman–Crippen MR) is 59.6 cm³/mol. The van der Waals surface area contributed by atoms with Crippen molar-refractivity contribution in [3.05, 3.63) is 0 Å². The standard InChI is InChI=1S/C11H20N2O3/c1-11(2,10(15)16-3)13-9(14)6-8(12)7-4-5-7/h7-8H,4-6,12H2,1-3H3,(H,13,14). The van der Waals surface area contributed by atoms with Crippen molar-refractivity contribution in [2.45, 2.75) is 44.7 Å². The van der Waals surface area contributed by atoms with Crippen LogP contribution in [0.1, 0.15) is 33.1 Å². The summed E-state index contributed by atoms with van der Waals surface area (Å²) in [5.41, 5.74) is 4.84. The van der Waals surface area contributed by atoms with Crippen LogP contribution in [0.5, 0.6) is 0 Å². The van der Waals surface area contributed by atoms with E-state index in [0.29, 0.717) is 5.92 Å². The fourth-order valence-electron chi connectivity index (χ4n) is 1.61. The first kappa shape index (κ1) is 13.0. The first-order valence-electron chi connectivity index (χ1n) is 5.52. The van der Waals surface area contributed by atoms with E-state index in [9.17, 15) is 9.59 Å². The number of methoxy groups -OCH3 is 1. The lowest BCUT2D eigenvalue weighted by Gasteiger charge is -2.23. The zero-order valence-corrected chi connectivity index (χ0v) is 10.1.